The number of hydrogen-bond donors (Lipinski definition) is 0. The highest BCUT2D eigenvalue weighted by molar-refractivity contribution is 6.08. The fourth-order valence-electron chi connectivity index (χ4n) is 2.22. The van der Waals surface area contributed by atoms with E-state index in [4.69, 9.17) is 8.83 Å². The van der Waals surface area contributed by atoms with Crippen LogP contribution >= 0.6 is 0 Å². The molecule has 3 heteroatoms. The predicted octanol–water partition coefficient (Wildman–Crippen LogP) is 4.18. The van der Waals surface area contributed by atoms with Crippen molar-refractivity contribution in [3.63, 3.8) is 0 Å². The lowest BCUT2D eigenvalue weighted by Crippen LogP contribution is -1.99. The Bertz CT molecular complexity index is 774. The number of rotatable bonds is 2. The summed E-state index contributed by atoms with van der Waals surface area (Å²) in [4.78, 5) is 12.3. The average molecular weight is 254 g/mol. The first kappa shape index (κ1) is 11.8. The van der Waals surface area contributed by atoms with E-state index in [1.165, 1.54) is 0 Å². The maximum absolute atomic E-state index is 12.3. The molecule has 0 aliphatic carbocycles. The third kappa shape index (κ3) is 1.87. The van der Waals surface area contributed by atoms with E-state index in [0.717, 1.165) is 22.1 Å². The highest BCUT2D eigenvalue weighted by atomic mass is 16.4. The van der Waals surface area contributed by atoms with Crippen LogP contribution < -0.4 is 0 Å². The zero-order chi connectivity index (χ0) is 13.6. The van der Waals surface area contributed by atoms with Gasteiger partial charge in [0.15, 0.2) is 11.5 Å². The van der Waals surface area contributed by atoms with Crippen LogP contribution in [0.3, 0.4) is 0 Å². The molecule has 0 fully saturated rings. The minimum atomic E-state index is -0.209. The second kappa shape index (κ2) is 4.12. The molecule has 0 bridgehead atoms. The van der Waals surface area contributed by atoms with Gasteiger partial charge in [-0.2, -0.15) is 0 Å². The van der Waals surface area contributed by atoms with Gasteiger partial charge < -0.3 is 8.83 Å². The minimum Gasteiger partial charge on any atom is -0.458 e. The Balaban J connectivity index is 2.15. The van der Waals surface area contributed by atoms with Crippen LogP contribution in [0.25, 0.3) is 11.0 Å². The van der Waals surface area contributed by atoms with Crippen molar-refractivity contribution in [2.45, 2.75) is 20.8 Å². The van der Waals surface area contributed by atoms with Crippen LogP contribution in [-0.4, -0.2) is 5.78 Å². The molecule has 3 nitrogen and oxygen atoms in total. The van der Waals surface area contributed by atoms with Gasteiger partial charge in [0.05, 0.1) is 0 Å². The molecule has 0 N–H and O–H groups in total. The molecule has 0 aliphatic heterocycles. The molecule has 0 spiro atoms. The number of ketones is 1. The quantitative estimate of drug-likeness (QED) is 0.644. The first-order valence-electron chi connectivity index (χ1n) is 6.17. The zero-order valence-corrected chi connectivity index (χ0v) is 11.1. The predicted molar refractivity (Wildman–Crippen MR) is 72.6 cm³/mol. The molecular weight excluding hydrogens is 240 g/mol. The molecule has 19 heavy (non-hydrogen) atoms. The van der Waals surface area contributed by atoms with E-state index in [1.807, 2.05) is 39.0 Å². The topological polar surface area (TPSA) is 43.4 Å². The molecule has 0 saturated carbocycles. The summed E-state index contributed by atoms with van der Waals surface area (Å²) < 4.78 is 11.1. The highest BCUT2D eigenvalue weighted by Gasteiger charge is 2.21. The van der Waals surface area contributed by atoms with Crippen molar-refractivity contribution in [1.29, 1.82) is 0 Å². The van der Waals surface area contributed by atoms with E-state index in [9.17, 15) is 4.79 Å². The molecule has 3 aromatic rings. The van der Waals surface area contributed by atoms with Crippen LogP contribution in [0, 0.1) is 20.8 Å². The normalized spacial score (nSPS) is 11.1. The fourth-order valence-corrected chi connectivity index (χ4v) is 2.22. The van der Waals surface area contributed by atoms with Crippen molar-refractivity contribution in [3.05, 3.63) is 58.7 Å². The maximum Gasteiger partial charge on any atom is 0.263 e. The summed E-state index contributed by atoms with van der Waals surface area (Å²) in [6.07, 6.45) is 0. The zero-order valence-electron chi connectivity index (χ0n) is 11.1. The molecule has 2 heterocycles. The summed E-state index contributed by atoms with van der Waals surface area (Å²) in [6, 6.07) is 9.38. The number of furan rings is 2. The first-order chi connectivity index (χ1) is 9.06. The molecule has 0 radical (unpaired) electrons. The molecule has 0 unspecified atom stereocenters. The Hall–Kier alpha value is -2.29. The minimum absolute atomic E-state index is 0.209. The lowest BCUT2D eigenvalue weighted by atomic mass is 10.1. The Labute approximate surface area is 110 Å². The highest BCUT2D eigenvalue weighted by Crippen LogP contribution is 2.28. The molecule has 3 rings (SSSR count). The van der Waals surface area contributed by atoms with E-state index in [2.05, 4.69) is 0 Å². The summed E-state index contributed by atoms with van der Waals surface area (Å²) in [7, 11) is 0. The molecule has 0 amide bonds. The van der Waals surface area contributed by atoms with Crippen LogP contribution in [0.1, 0.15) is 33.2 Å². The van der Waals surface area contributed by atoms with Gasteiger partial charge in [0.1, 0.15) is 11.3 Å². The van der Waals surface area contributed by atoms with Crippen molar-refractivity contribution in [2.24, 2.45) is 0 Å². The van der Waals surface area contributed by atoms with Crippen LogP contribution in [0.5, 0.6) is 0 Å². The van der Waals surface area contributed by atoms with Crippen LogP contribution in [0.2, 0.25) is 0 Å². The van der Waals surface area contributed by atoms with Gasteiger partial charge in [0.2, 0.25) is 0 Å². The third-order valence-corrected chi connectivity index (χ3v) is 3.26. The second-order valence-electron chi connectivity index (χ2n) is 4.80. The Morgan fingerprint density at radius 3 is 2.47 bits per heavy atom. The summed E-state index contributed by atoms with van der Waals surface area (Å²) in [5, 5.41) is 0.970. The number of aryl methyl sites for hydroxylation is 3. The van der Waals surface area contributed by atoms with Gasteiger partial charge in [-0.1, -0.05) is 12.1 Å². The Morgan fingerprint density at radius 2 is 1.79 bits per heavy atom. The largest absolute Gasteiger partial charge is 0.458 e. The first-order valence-corrected chi connectivity index (χ1v) is 6.17. The molecule has 0 aliphatic rings. The van der Waals surface area contributed by atoms with Gasteiger partial charge in [-0.15, -0.1) is 0 Å². The average Bonchev–Trinajstić information content (AvgIpc) is 2.93. The van der Waals surface area contributed by atoms with Gasteiger partial charge in [-0.05, 0) is 44.5 Å². The maximum atomic E-state index is 12.3. The Kier molecular flexibility index (Phi) is 2.56. The third-order valence-electron chi connectivity index (χ3n) is 3.26. The lowest BCUT2D eigenvalue weighted by Gasteiger charge is -1.94. The number of carbonyl (C=O) groups excluding carboxylic acids is 1. The number of hydrogen-bond acceptors (Lipinski definition) is 3. The van der Waals surface area contributed by atoms with Gasteiger partial charge in [0.25, 0.3) is 5.78 Å². The second-order valence-corrected chi connectivity index (χ2v) is 4.80. The molecule has 0 atom stereocenters. The van der Waals surface area contributed by atoms with E-state index in [0.29, 0.717) is 17.3 Å². The standard InChI is InChI=1S/C16H14O3/c1-9-4-6-12-11(3)16(19-14(12)8-9)15(17)13-7-5-10(2)18-13/h4-8H,1-3H3. The van der Waals surface area contributed by atoms with Crippen LogP contribution in [-0.2, 0) is 0 Å². The van der Waals surface area contributed by atoms with Crippen molar-refractivity contribution >= 4 is 16.8 Å². The lowest BCUT2D eigenvalue weighted by molar-refractivity contribution is 0.0983. The van der Waals surface area contributed by atoms with Gasteiger partial charge in [-0.3, -0.25) is 4.79 Å². The molecule has 0 saturated heterocycles. The van der Waals surface area contributed by atoms with Gasteiger partial charge in [-0.25, -0.2) is 0 Å². The van der Waals surface area contributed by atoms with Crippen molar-refractivity contribution in [1.82, 2.24) is 0 Å². The van der Waals surface area contributed by atoms with Crippen molar-refractivity contribution in [3.8, 4) is 0 Å². The molecule has 2 aromatic heterocycles. The molecule has 96 valence electrons. The fraction of sp³-hybridized carbons (Fsp3) is 0.188. The smallest absolute Gasteiger partial charge is 0.263 e. The van der Waals surface area contributed by atoms with Crippen LogP contribution in [0.4, 0.5) is 0 Å². The van der Waals surface area contributed by atoms with E-state index < -0.39 is 0 Å². The Morgan fingerprint density at radius 1 is 1.00 bits per heavy atom. The molecular formula is C16H14O3. The number of fused-ring (bicyclic) bond motifs is 1. The van der Waals surface area contributed by atoms with E-state index >= 15 is 0 Å². The summed E-state index contributed by atoms with van der Waals surface area (Å²) in [5.41, 5.74) is 2.70. The van der Waals surface area contributed by atoms with E-state index in [-0.39, 0.29) is 5.78 Å². The summed E-state index contributed by atoms with van der Waals surface area (Å²) in [6.45, 7) is 5.70. The van der Waals surface area contributed by atoms with Gasteiger partial charge in [0, 0.05) is 10.9 Å². The van der Waals surface area contributed by atoms with Crippen molar-refractivity contribution in [2.75, 3.05) is 0 Å². The summed E-state index contributed by atoms with van der Waals surface area (Å²) in [5.74, 6) is 1.18. The van der Waals surface area contributed by atoms with Crippen molar-refractivity contribution < 1.29 is 13.6 Å². The van der Waals surface area contributed by atoms with Crippen LogP contribution in [0.15, 0.2) is 39.2 Å². The monoisotopic (exact) mass is 254 g/mol. The summed E-state index contributed by atoms with van der Waals surface area (Å²) >= 11 is 0. The van der Waals surface area contributed by atoms with E-state index in [1.54, 1.807) is 12.1 Å². The van der Waals surface area contributed by atoms with Gasteiger partial charge >= 0.3 is 0 Å². The number of carbonyl (C=O) groups is 1. The number of benzene rings is 1. The SMILES string of the molecule is Cc1ccc2c(C)c(C(=O)c3ccc(C)o3)oc2c1. The molecule has 1 aromatic carbocycles.